The summed E-state index contributed by atoms with van der Waals surface area (Å²) in [5.41, 5.74) is 0. The van der Waals surface area contributed by atoms with Gasteiger partial charge in [-0.2, -0.15) is 0 Å². The van der Waals surface area contributed by atoms with Crippen molar-refractivity contribution in [1.29, 1.82) is 0 Å². The van der Waals surface area contributed by atoms with Crippen molar-refractivity contribution in [2.24, 2.45) is 0 Å². The number of hydrogen-bond donors (Lipinski definition) is 5. The van der Waals surface area contributed by atoms with E-state index in [1.165, 1.54) is 96.3 Å². The van der Waals surface area contributed by atoms with Crippen molar-refractivity contribution >= 4 is 0 Å². The summed E-state index contributed by atoms with van der Waals surface area (Å²) < 4.78 is 0.540. The summed E-state index contributed by atoms with van der Waals surface area (Å²) in [7, 11) is 3.99. The van der Waals surface area contributed by atoms with Crippen LogP contribution < -0.4 is 12.4 Å². The Morgan fingerprint density at radius 1 is 0.545 bits per heavy atom. The van der Waals surface area contributed by atoms with Crippen molar-refractivity contribution in [3.63, 3.8) is 0 Å². The van der Waals surface area contributed by atoms with E-state index in [1.807, 2.05) is 14.1 Å². The second-order valence-corrected chi connectivity index (χ2v) is 10.4. The Bertz CT molecular complexity index is 414. The summed E-state index contributed by atoms with van der Waals surface area (Å²) >= 11 is 0. The molecule has 6 nitrogen and oxygen atoms in total. The summed E-state index contributed by atoms with van der Waals surface area (Å²) in [6, 6.07) is 0. The van der Waals surface area contributed by atoms with Crippen LogP contribution in [-0.4, -0.2) is 88.2 Å². The van der Waals surface area contributed by atoms with Gasteiger partial charge < -0.3 is 42.4 Å². The van der Waals surface area contributed by atoms with Crippen molar-refractivity contribution in [3.8, 4) is 0 Å². The van der Waals surface area contributed by atoms with Gasteiger partial charge in [0.15, 0.2) is 0 Å². The molecular weight excluding hydrogens is 442 g/mol. The molecule has 0 bridgehead atoms. The Labute approximate surface area is 210 Å². The lowest BCUT2D eigenvalue weighted by atomic mass is 10.0. The molecule has 0 fully saturated rings. The Kier molecular flexibility index (Phi) is 24.0. The molecule has 0 radical (unpaired) electrons. The maximum atomic E-state index is 10.2. The maximum absolute atomic E-state index is 10.2. The molecule has 0 saturated heterocycles. The molecule has 0 aromatic heterocycles. The zero-order valence-corrected chi connectivity index (χ0v) is 22.6. The molecule has 7 heteroatoms. The second-order valence-electron chi connectivity index (χ2n) is 10.4. The topological polar surface area (TPSA) is 101 Å². The standard InChI is InChI=1S/C26H56NO5.ClH/c1-4-5-6-7-8-9-10-11-12-13-14-15-16-17-18-19-20-27(2,3)21-23(29)25(31)26(32)24(30)22-28;/h23-26,28-32H,4-22H2,1-3H3;1H/q+1;/p-1. The lowest BCUT2D eigenvalue weighted by Gasteiger charge is -2.34. The molecule has 0 aliphatic carbocycles. The van der Waals surface area contributed by atoms with Gasteiger partial charge in [0.2, 0.25) is 0 Å². The number of nitrogens with zero attached hydrogens (tertiary/aromatic N) is 1. The van der Waals surface area contributed by atoms with Crippen LogP contribution >= 0.6 is 0 Å². The van der Waals surface area contributed by atoms with Gasteiger partial charge >= 0.3 is 0 Å². The van der Waals surface area contributed by atoms with E-state index >= 15 is 0 Å². The molecule has 4 atom stereocenters. The molecule has 5 N–H and O–H groups in total. The van der Waals surface area contributed by atoms with E-state index in [0.29, 0.717) is 4.48 Å². The molecule has 202 valence electrons. The van der Waals surface area contributed by atoms with Crippen LogP contribution in [0.4, 0.5) is 0 Å². The third-order valence-electron chi connectivity index (χ3n) is 6.62. The van der Waals surface area contributed by atoms with Crippen LogP contribution in [-0.2, 0) is 0 Å². The fraction of sp³-hybridized carbons (Fsp3) is 1.00. The molecule has 0 spiro atoms. The number of halogens is 1. The molecule has 0 aliphatic rings. The Balaban J connectivity index is 0. The van der Waals surface area contributed by atoms with Crippen LogP contribution in [0.15, 0.2) is 0 Å². The van der Waals surface area contributed by atoms with Gasteiger partial charge in [0, 0.05) is 0 Å². The van der Waals surface area contributed by atoms with Crippen molar-refractivity contribution < 1.29 is 42.4 Å². The quantitative estimate of drug-likeness (QED) is 0.106. The first kappa shape index (κ1) is 35.2. The summed E-state index contributed by atoms with van der Waals surface area (Å²) in [5.74, 6) is 0. The third-order valence-corrected chi connectivity index (χ3v) is 6.62. The SMILES string of the molecule is CCCCCCCCCCCCCCCCCC[N+](C)(C)CC(O)C(O)C(O)C(O)CO.[Cl-]. The van der Waals surface area contributed by atoms with E-state index in [9.17, 15) is 20.4 Å². The lowest BCUT2D eigenvalue weighted by Crippen LogP contribution is -3.00. The number of quaternary nitrogens is 1. The van der Waals surface area contributed by atoms with Crippen LogP contribution in [0.1, 0.15) is 110 Å². The minimum absolute atomic E-state index is 0. The minimum atomic E-state index is -1.55. The molecule has 0 rings (SSSR count). The van der Waals surface area contributed by atoms with Crippen molar-refractivity contribution in [3.05, 3.63) is 0 Å². The van der Waals surface area contributed by atoms with E-state index in [0.717, 1.165) is 13.0 Å². The number of rotatable bonds is 23. The van der Waals surface area contributed by atoms with Gasteiger partial charge in [-0.25, -0.2) is 0 Å². The molecule has 0 aromatic carbocycles. The van der Waals surface area contributed by atoms with E-state index in [-0.39, 0.29) is 19.0 Å². The van der Waals surface area contributed by atoms with Gasteiger partial charge in [0.25, 0.3) is 0 Å². The van der Waals surface area contributed by atoms with Crippen LogP contribution in [0.3, 0.4) is 0 Å². The predicted octanol–water partition coefficient (Wildman–Crippen LogP) is 0.764. The lowest BCUT2D eigenvalue weighted by molar-refractivity contribution is -0.894. The number of aliphatic hydroxyl groups excluding tert-OH is 5. The summed E-state index contributed by atoms with van der Waals surface area (Å²) in [6.07, 6.45) is 15.8. The predicted molar refractivity (Wildman–Crippen MR) is 133 cm³/mol. The summed E-state index contributed by atoms with van der Waals surface area (Å²) in [4.78, 5) is 0. The Morgan fingerprint density at radius 3 is 1.24 bits per heavy atom. The number of hydrogen-bond acceptors (Lipinski definition) is 5. The zero-order valence-electron chi connectivity index (χ0n) is 21.8. The van der Waals surface area contributed by atoms with E-state index in [2.05, 4.69) is 6.92 Å². The number of aliphatic hydroxyl groups is 5. The van der Waals surface area contributed by atoms with Crippen LogP contribution in [0.2, 0.25) is 0 Å². The number of unbranched alkanes of at least 4 members (excludes halogenated alkanes) is 15. The third kappa shape index (κ3) is 20.0. The summed E-state index contributed by atoms with van der Waals surface area (Å²) in [5, 5.41) is 48.2. The summed E-state index contributed by atoms with van der Waals surface area (Å²) in [6.45, 7) is 2.80. The van der Waals surface area contributed by atoms with Gasteiger partial charge in [-0.15, -0.1) is 0 Å². The monoisotopic (exact) mass is 497 g/mol. The van der Waals surface area contributed by atoms with Crippen LogP contribution in [0, 0.1) is 0 Å². The van der Waals surface area contributed by atoms with Gasteiger partial charge in [-0.05, 0) is 12.8 Å². The average molecular weight is 498 g/mol. The number of likely N-dealkylation sites (N-methyl/N-ethyl adjacent to an activating group) is 1. The Morgan fingerprint density at radius 2 is 0.879 bits per heavy atom. The Hall–Kier alpha value is 0.0500. The van der Waals surface area contributed by atoms with Gasteiger partial charge in [-0.3, -0.25) is 0 Å². The van der Waals surface area contributed by atoms with E-state index < -0.39 is 31.0 Å². The normalized spacial score (nSPS) is 15.6. The average Bonchev–Trinajstić information content (AvgIpc) is 2.76. The van der Waals surface area contributed by atoms with Crippen molar-refractivity contribution in [2.75, 3.05) is 33.8 Å². The second kappa shape index (κ2) is 22.5. The first-order chi connectivity index (χ1) is 15.2. The molecule has 33 heavy (non-hydrogen) atoms. The highest BCUT2D eigenvalue weighted by molar-refractivity contribution is 4.80. The molecule has 0 saturated carbocycles. The van der Waals surface area contributed by atoms with Crippen molar-refractivity contribution in [1.82, 2.24) is 0 Å². The highest BCUT2D eigenvalue weighted by Crippen LogP contribution is 2.15. The van der Waals surface area contributed by atoms with Crippen molar-refractivity contribution in [2.45, 2.75) is 134 Å². The fourth-order valence-corrected chi connectivity index (χ4v) is 4.36. The smallest absolute Gasteiger partial charge is 0.131 e. The first-order valence-electron chi connectivity index (χ1n) is 13.4. The molecule has 0 aliphatic heterocycles. The maximum Gasteiger partial charge on any atom is 0.131 e. The molecule has 0 aromatic rings. The molecule has 0 amide bonds. The van der Waals surface area contributed by atoms with Crippen LogP contribution in [0.25, 0.3) is 0 Å². The first-order valence-corrected chi connectivity index (χ1v) is 13.4. The fourth-order valence-electron chi connectivity index (χ4n) is 4.36. The minimum Gasteiger partial charge on any atom is -1.00 e. The zero-order chi connectivity index (χ0) is 24.2. The molecular formula is C26H56ClNO5. The van der Waals surface area contributed by atoms with Crippen LogP contribution in [0.5, 0.6) is 0 Å². The van der Waals surface area contributed by atoms with Gasteiger partial charge in [0.1, 0.15) is 31.0 Å². The largest absolute Gasteiger partial charge is 1.00 e. The van der Waals surface area contributed by atoms with E-state index in [1.54, 1.807) is 0 Å². The van der Waals surface area contributed by atoms with Gasteiger partial charge in [0.05, 0.1) is 27.2 Å². The highest BCUT2D eigenvalue weighted by atomic mass is 35.5. The molecule has 0 heterocycles. The van der Waals surface area contributed by atoms with E-state index in [4.69, 9.17) is 5.11 Å². The highest BCUT2D eigenvalue weighted by Gasteiger charge is 2.33. The molecule has 4 unspecified atom stereocenters. The van der Waals surface area contributed by atoms with Gasteiger partial charge in [-0.1, -0.05) is 96.8 Å².